The van der Waals surface area contributed by atoms with E-state index >= 15 is 0 Å². The molecule has 0 aliphatic rings. The third-order valence-corrected chi connectivity index (χ3v) is 3.51. The lowest BCUT2D eigenvalue weighted by atomic mass is 10.3. The van der Waals surface area contributed by atoms with Gasteiger partial charge in [0, 0.05) is 18.9 Å². The maximum Gasteiger partial charge on any atom is 0.271 e. The van der Waals surface area contributed by atoms with Gasteiger partial charge < -0.3 is 15.4 Å². The van der Waals surface area contributed by atoms with Gasteiger partial charge in [-0.15, -0.1) is 0 Å². The van der Waals surface area contributed by atoms with Crippen molar-refractivity contribution in [3.63, 3.8) is 0 Å². The summed E-state index contributed by atoms with van der Waals surface area (Å²) in [6, 6.07) is 11.3. The summed E-state index contributed by atoms with van der Waals surface area (Å²) in [7, 11) is 0. The quantitative estimate of drug-likeness (QED) is 0.682. The van der Waals surface area contributed by atoms with Crippen molar-refractivity contribution in [2.75, 3.05) is 11.9 Å². The molecule has 0 saturated carbocycles. The first-order chi connectivity index (χ1) is 12.8. The lowest BCUT2D eigenvalue weighted by Crippen LogP contribution is -2.24. The second-order valence-electron chi connectivity index (χ2n) is 5.39. The van der Waals surface area contributed by atoms with Crippen LogP contribution in [0.1, 0.15) is 23.0 Å². The van der Waals surface area contributed by atoms with Gasteiger partial charge in [0.25, 0.3) is 5.91 Å². The number of hydrogen-bond acceptors (Lipinski definition) is 6. The third kappa shape index (κ3) is 4.54. The summed E-state index contributed by atoms with van der Waals surface area (Å²) < 4.78 is 5.57. The topological polar surface area (TPSA) is 89.0 Å². The summed E-state index contributed by atoms with van der Waals surface area (Å²) >= 11 is 0. The lowest BCUT2D eigenvalue weighted by Gasteiger charge is -2.11. The van der Waals surface area contributed by atoms with E-state index in [1.807, 2.05) is 43.3 Å². The summed E-state index contributed by atoms with van der Waals surface area (Å²) in [5.74, 6) is 0.971. The summed E-state index contributed by atoms with van der Waals surface area (Å²) in [4.78, 5) is 24.6. The molecule has 1 aromatic carbocycles. The maximum atomic E-state index is 12.2. The number of benzene rings is 1. The highest BCUT2D eigenvalue weighted by molar-refractivity contribution is 5.92. The smallest absolute Gasteiger partial charge is 0.271 e. The molecule has 2 heterocycles. The Labute approximate surface area is 151 Å². The minimum Gasteiger partial charge on any atom is -0.492 e. The first-order valence-corrected chi connectivity index (χ1v) is 8.24. The molecular weight excluding hydrogens is 330 g/mol. The van der Waals surface area contributed by atoms with E-state index in [1.54, 1.807) is 12.4 Å². The molecule has 0 aliphatic heterocycles. The Morgan fingerprint density at radius 3 is 2.69 bits per heavy atom. The molecule has 7 heteroatoms. The first kappa shape index (κ1) is 17.3. The molecule has 0 aliphatic carbocycles. The number of aromatic nitrogens is 3. The van der Waals surface area contributed by atoms with Crippen molar-refractivity contribution in [1.82, 2.24) is 20.3 Å². The number of nitrogens with one attached hydrogen (secondary N) is 2. The number of nitrogens with zero attached hydrogens (tertiary/aromatic N) is 3. The second kappa shape index (κ2) is 8.57. The Morgan fingerprint density at radius 1 is 1.08 bits per heavy atom. The average molecular weight is 349 g/mol. The third-order valence-electron chi connectivity index (χ3n) is 3.51. The highest BCUT2D eigenvalue weighted by Gasteiger charge is 2.09. The SMILES string of the molecule is CCOc1ccccc1Nc1cnc(C(=O)NCc2cccnc2)cn1. The molecule has 2 N–H and O–H groups in total. The lowest BCUT2D eigenvalue weighted by molar-refractivity contribution is 0.0945. The van der Waals surface area contributed by atoms with Gasteiger partial charge in [-0.3, -0.25) is 9.78 Å². The van der Waals surface area contributed by atoms with Crippen LogP contribution in [-0.2, 0) is 6.54 Å². The fourth-order valence-electron chi connectivity index (χ4n) is 2.27. The molecule has 26 heavy (non-hydrogen) atoms. The average Bonchev–Trinajstić information content (AvgIpc) is 2.69. The summed E-state index contributed by atoms with van der Waals surface area (Å²) in [6.07, 6.45) is 6.34. The van der Waals surface area contributed by atoms with Gasteiger partial charge in [0.15, 0.2) is 0 Å². The van der Waals surface area contributed by atoms with Gasteiger partial charge >= 0.3 is 0 Å². The van der Waals surface area contributed by atoms with E-state index in [0.717, 1.165) is 17.0 Å². The predicted octanol–water partition coefficient (Wildman–Crippen LogP) is 2.94. The molecular formula is C19H19N5O2. The van der Waals surface area contributed by atoms with Crippen LogP contribution in [0.3, 0.4) is 0 Å². The summed E-state index contributed by atoms with van der Waals surface area (Å²) in [5.41, 5.74) is 1.95. The van der Waals surface area contributed by atoms with Crippen LogP contribution in [0.4, 0.5) is 11.5 Å². The molecule has 2 aromatic heterocycles. The van der Waals surface area contributed by atoms with Crippen molar-refractivity contribution in [2.45, 2.75) is 13.5 Å². The molecule has 3 rings (SSSR count). The zero-order chi connectivity index (χ0) is 18.2. The molecule has 0 fully saturated rings. The number of carbonyl (C=O) groups excluding carboxylic acids is 1. The highest BCUT2D eigenvalue weighted by Crippen LogP contribution is 2.26. The normalized spacial score (nSPS) is 10.2. The molecule has 132 valence electrons. The van der Waals surface area contributed by atoms with Crippen molar-refractivity contribution < 1.29 is 9.53 Å². The second-order valence-corrected chi connectivity index (χ2v) is 5.39. The van der Waals surface area contributed by atoms with E-state index in [0.29, 0.717) is 19.0 Å². The Kier molecular flexibility index (Phi) is 5.72. The van der Waals surface area contributed by atoms with Gasteiger partial charge in [-0.05, 0) is 30.7 Å². The number of rotatable bonds is 7. The van der Waals surface area contributed by atoms with Crippen molar-refractivity contribution in [2.24, 2.45) is 0 Å². The van der Waals surface area contributed by atoms with Gasteiger partial charge in [0.2, 0.25) is 0 Å². The van der Waals surface area contributed by atoms with Gasteiger partial charge in [0.1, 0.15) is 17.3 Å². The molecule has 3 aromatic rings. The van der Waals surface area contributed by atoms with E-state index in [1.165, 1.54) is 12.4 Å². The minimum atomic E-state index is -0.289. The number of hydrogen-bond donors (Lipinski definition) is 2. The summed E-state index contributed by atoms with van der Waals surface area (Å²) in [6.45, 7) is 2.88. The Balaban J connectivity index is 1.62. The number of ether oxygens (including phenoxy) is 1. The number of carbonyl (C=O) groups is 1. The molecule has 0 radical (unpaired) electrons. The fraction of sp³-hybridized carbons (Fsp3) is 0.158. The molecule has 0 bridgehead atoms. The van der Waals surface area contributed by atoms with Crippen molar-refractivity contribution in [3.8, 4) is 5.75 Å². The van der Waals surface area contributed by atoms with Crippen molar-refractivity contribution in [3.05, 3.63) is 72.4 Å². The van der Waals surface area contributed by atoms with Gasteiger partial charge in [-0.1, -0.05) is 18.2 Å². The molecule has 7 nitrogen and oxygen atoms in total. The molecule has 1 amide bonds. The highest BCUT2D eigenvalue weighted by atomic mass is 16.5. The number of amides is 1. The Bertz CT molecular complexity index is 853. The van der Waals surface area contributed by atoms with Crippen LogP contribution in [0.2, 0.25) is 0 Å². The molecule has 0 spiro atoms. The maximum absolute atomic E-state index is 12.2. The van der Waals surface area contributed by atoms with Gasteiger partial charge in [-0.25, -0.2) is 9.97 Å². The van der Waals surface area contributed by atoms with Gasteiger partial charge in [0.05, 0.1) is 24.7 Å². The Hall–Kier alpha value is -3.48. The van der Waals surface area contributed by atoms with Crippen molar-refractivity contribution in [1.29, 1.82) is 0 Å². The van der Waals surface area contributed by atoms with Crippen LogP contribution in [0.25, 0.3) is 0 Å². The number of para-hydroxylation sites is 2. The minimum absolute atomic E-state index is 0.248. The van der Waals surface area contributed by atoms with Crippen LogP contribution < -0.4 is 15.4 Å². The molecule has 0 unspecified atom stereocenters. The van der Waals surface area contributed by atoms with Crippen LogP contribution in [0, 0.1) is 0 Å². The number of pyridine rings is 1. The van der Waals surface area contributed by atoms with E-state index in [-0.39, 0.29) is 11.6 Å². The summed E-state index contributed by atoms with van der Waals surface area (Å²) in [5, 5.41) is 5.93. The van der Waals surface area contributed by atoms with Crippen LogP contribution in [0.15, 0.2) is 61.2 Å². The standard InChI is InChI=1S/C19H19N5O2/c1-2-26-17-8-4-3-7-15(17)24-18-13-21-16(12-22-18)19(25)23-11-14-6-5-9-20-10-14/h3-10,12-13H,2,11H2,1H3,(H,22,24)(H,23,25). The van der Waals surface area contributed by atoms with Gasteiger partial charge in [-0.2, -0.15) is 0 Å². The van der Waals surface area contributed by atoms with E-state index in [9.17, 15) is 4.79 Å². The van der Waals surface area contributed by atoms with Crippen LogP contribution in [-0.4, -0.2) is 27.5 Å². The predicted molar refractivity (Wildman–Crippen MR) is 98.3 cm³/mol. The Morgan fingerprint density at radius 2 is 1.96 bits per heavy atom. The largest absolute Gasteiger partial charge is 0.492 e. The monoisotopic (exact) mass is 349 g/mol. The van der Waals surface area contributed by atoms with Crippen LogP contribution >= 0.6 is 0 Å². The van der Waals surface area contributed by atoms with Crippen molar-refractivity contribution >= 4 is 17.4 Å². The first-order valence-electron chi connectivity index (χ1n) is 8.24. The van der Waals surface area contributed by atoms with E-state index in [4.69, 9.17) is 4.74 Å². The number of anilines is 2. The molecule has 0 saturated heterocycles. The zero-order valence-corrected chi connectivity index (χ0v) is 14.3. The van der Waals surface area contributed by atoms with E-state index < -0.39 is 0 Å². The fourth-order valence-corrected chi connectivity index (χ4v) is 2.27. The van der Waals surface area contributed by atoms with E-state index in [2.05, 4.69) is 25.6 Å². The van der Waals surface area contributed by atoms with Crippen LogP contribution in [0.5, 0.6) is 5.75 Å². The molecule has 0 atom stereocenters. The zero-order valence-electron chi connectivity index (χ0n) is 14.3.